The molecule has 0 atom stereocenters. The van der Waals surface area contributed by atoms with Gasteiger partial charge in [0.25, 0.3) is 10.0 Å². The first-order valence-electron chi connectivity index (χ1n) is 8.44. The first-order chi connectivity index (χ1) is 13.5. The normalized spacial score (nSPS) is 11.0. The lowest BCUT2D eigenvalue weighted by Crippen LogP contribution is -2.26. The minimum atomic E-state index is -3.74. The summed E-state index contributed by atoms with van der Waals surface area (Å²) in [5.74, 6) is -0.0561. The zero-order chi connectivity index (χ0) is 20.0. The van der Waals surface area contributed by atoms with E-state index in [1.54, 1.807) is 42.6 Å². The maximum absolute atomic E-state index is 12.9. The average molecular weight is 414 g/mol. The van der Waals surface area contributed by atoms with Gasteiger partial charge in [-0.2, -0.15) is 0 Å². The van der Waals surface area contributed by atoms with Crippen LogP contribution < -0.4 is 9.62 Å². The summed E-state index contributed by atoms with van der Waals surface area (Å²) in [6.07, 6.45) is 1.66. The summed E-state index contributed by atoms with van der Waals surface area (Å²) >= 11 is 1.31. The molecule has 0 fully saturated rings. The lowest BCUT2D eigenvalue weighted by Gasteiger charge is -2.19. The minimum absolute atomic E-state index is 0.106. The molecular weight excluding hydrogens is 394 g/mol. The predicted molar refractivity (Wildman–Crippen MR) is 112 cm³/mol. The van der Waals surface area contributed by atoms with Crippen molar-refractivity contribution in [3.05, 3.63) is 79.0 Å². The van der Waals surface area contributed by atoms with Gasteiger partial charge in [-0.3, -0.25) is 9.10 Å². The lowest BCUT2D eigenvalue weighted by atomic mass is 10.3. The second-order valence-electron chi connectivity index (χ2n) is 5.84. The highest BCUT2D eigenvalue weighted by Crippen LogP contribution is 2.24. The number of hydrogen-bond donors (Lipinski definition) is 1. The second kappa shape index (κ2) is 8.90. The second-order valence-corrected chi connectivity index (χ2v) is 8.81. The van der Waals surface area contributed by atoms with Gasteiger partial charge in [0.1, 0.15) is 0 Å². The Labute approximate surface area is 168 Å². The molecule has 0 radical (unpaired) electrons. The van der Waals surface area contributed by atoms with Crippen LogP contribution in [0.2, 0.25) is 0 Å². The number of sulfonamides is 1. The summed E-state index contributed by atoms with van der Waals surface area (Å²) in [4.78, 5) is 16.4. The van der Waals surface area contributed by atoms with Crippen molar-refractivity contribution in [2.24, 2.45) is 0 Å². The summed E-state index contributed by atoms with van der Waals surface area (Å²) in [5.41, 5.74) is 0.984. The number of thioether (sulfide) groups is 1. The van der Waals surface area contributed by atoms with Crippen molar-refractivity contribution in [2.75, 3.05) is 22.4 Å². The van der Waals surface area contributed by atoms with E-state index in [1.807, 2.05) is 24.3 Å². The molecule has 0 bridgehead atoms. The van der Waals surface area contributed by atoms with Crippen LogP contribution >= 0.6 is 11.8 Å². The van der Waals surface area contributed by atoms with Crippen LogP contribution in [-0.4, -0.2) is 32.1 Å². The number of benzene rings is 2. The van der Waals surface area contributed by atoms with E-state index in [9.17, 15) is 13.2 Å². The van der Waals surface area contributed by atoms with Crippen LogP contribution in [0.15, 0.2) is 88.9 Å². The quantitative estimate of drug-likeness (QED) is 0.598. The molecule has 0 aliphatic carbocycles. The topological polar surface area (TPSA) is 79.4 Å². The molecule has 28 heavy (non-hydrogen) atoms. The fourth-order valence-electron chi connectivity index (χ4n) is 2.44. The summed E-state index contributed by atoms with van der Waals surface area (Å²) in [6, 6.07) is 20.5. The molecule has 144 valence electrons. The number of rotatable bonds is 7. The molecule has 1 amide bonds. The van der Waals surface area contributed by atoms with Crippen molar-refractivity contribution in [2.45, 2.75) is 9.92 Å². The van der Waals surface area contributed by atoms with Crippen molar-refractivity contribution < 1.29 is 13.2 Å². The number of amides is 1. The van der Waals surface area contributed by atoms with Gasteiger partial charge in [-0.1, -0.05) is 42.1 Å². The molecule has 6 nitrogen and oxygen atoms in total. The highest BCUT2D eigenvalue weighted by Gasteiger charge is 2.21. The van der Waals surface area contributed by atoms with Crippen LogP contribution in [0, 0.1) is 0 Å². The SMILES string of the molecule is CN(c1ccccc1)S(=O)(=O)c1cccc(NC(=O)CSc2ccccn2)c1. The van der Waals surface area contributed by atoms with Crippen molar-refractivity contribution in [1.29, 1.82) is 0 Å². The van der Waals surface area contributed by atoms with Gasteiger partial charge in [0.2, 0.25) is 5.91 Å². The Kier molecular flexibility index (Phi) is 6.33. The number of aromatic nitrogens is 1. The third-order valence-electron chi connectivity index (χ3n) is 3.88. The Morgan fingerprint density at radius 3 is 2.50 bits per heavy atom. The molecule has 3 aromatic rings. The van der Waals surface area contributed by atoms with Crippen LogP contribution in [0.25, 0.3) is 0 Å². The molecule has 0 saturated heterocycles. The lowest BCUT2D eigenvalue weighted by molar-refractivity contribution is -0.113. The smallest absolute Gasteiger partial charge is 0.264 e. The maximum Gasteiger partial charge on any atom is 0.264 e. The largest absolute Gasteiger partial charge is 0.325 e. The van der Waals surface area contributed by atoms with E-state index in [1.165, 1.54) is 35.2 Å². The van der Waals surface area contributed by atoms with Crippen LogP contribution in [-0.2, 0) is 14.8 Å². The molecule has 1 heterocycles. The standard InChI is InChI=1S/C20H19N3O3S2/c1-23(17-9-3-2-4-10-17)28(25,26)18-11-7-8-16(14-18)22-19(24)15-27-20-12-5-6-13-21-20/h2-14H,15H2,1H3,(H,22,24). The summed E-state index contributed by atoms with van der Waals surface area (Å²) < 4.78 is 27.0. The number of nitrogens with zero attached hydrogens (tertiary/aromatic N) is 2. The Bertz CT molecular complexity index is 1040. The number of anilines is 2. The Morgan fingerprint density at radius 1 is 1.04 bits per heavy atom. The van der Waals surface area contributed by atoms with E-state index in [-0.39, 0.29) is 16.6 Å². The summed E-state index contributed by atoms with van der Waals surface area (Å²) in [7, 11) is -2.24. The first kappa shape index (κ1) is 19.9. The van der Waals surface area contributed by atoms with Crippen molar-refractivity contribution >= 4 is 39.1 Å². The van der Waals surface area contributed by atoms with Gasteiger partial charge in [-0.25, -0.2) is 13.4 Å². The van der Waals surface area contributed by atoms with Gasteiger partial charge in [-0.05, 0) is 42.5 Å². The van der Waals surface area contributed by atoms with Gasteiger partial charge >= 0.3 is 0 Å². The monoisotopic (exact) mass is 413 g/mol. The highest BCUT2D eigenvalue weighted by atomic mass is 32.2. The van der Waals surface area contributed by atoms with E-state index < -0.39 is 10.0 Å². The minimum Gasteiger partial charge on any atom is -0.325 e. The molecule has 0 unspecified atom stereocenters. The number of pyridine rings is 1. The third-order valence-corrected chi connectivity index (χ3v) is 6.61. The molecule has 3 rings (SSSR count). The van der Waals surface area contributed by atoms with Gasteiger partial charge in [0, 0.05) is 18.9 Å². The number of hydrogen-bond acceptors (Lipinski definition) is 5. The predicted octanol–water partition coefficient (Wildman–Crippen LogP) is 3.64. The van der Waals surface area contributed by atoms with E-state index >= 15 is 0 Å². The van der Waals surface area contributed by atoms with Crippen LogP contribution in [0.4, 0.5) is 11.4 Å². The molecule has 1 N–H and O–H groups in total. The number of para-hydroxylation sites is 1. The summed E-state index contributed by atoms with van der Waals surface area (Å²) in [6.45, 7) is 0. The van der Waals surface area contributed by atoms with Crippen molar-refractivity contribution in [1.82, 2.24) is 4.98 Å². The zero-order valence-electron chi connectivity index (χ0n) is 15.1. The zero-order valence-corrected chi connectivity index (χ0v) is 16.8. The Morgan fingerprint density at radius 2 is 1.79 bits per heavy atom. The van der Waals surface area contributed by atoms with Gasteiger partial charge < -0.3 is 5.32 Å². The first-order valence-corrected chi connectivity index (χ1v) is 10.9. The van der Waals surface area contributed by atoms with Crippen molar-refractivity contribution in [3.8, 4) is 0 Å². The van der Waals surface area contributed by atoms with E-state index in [0.717, 1.165) is 5.03 Å². The van der Waals surface area contributed by atoms with Crippen LogP contribution in [0.3, 0.4) is 0 Å². The van der Waals surface area contributed by atoms with Crippen LogP contribution in [0.5, 0.6) is 0 Å². The summed E-state index contributed by atoms with van der Waals surface area (Å²) in [5, 5.41) is 3.48. The number of carbonyl (C=O) groups excluding carboxylic acids is 1. The number of nitrogens with one attached hydrogen (secondary N) is 1. The molecule has 0 saturated carbocycles. The Balaban J connectivity index is 1.70. The number of carbonyl (C=O) groups is 1. The molecule has 8 heteroatoms. The maximum atomic E-state index is 12.9. The van der Waals surface area contributed by atoms with Gasteiger partial charge in [0.15, 0.2) is 0 Å². The van der Waals surface area contributed by atoms with E-state index in [4.69, 9.17) is 0 Å². The average Bonchev–Trinajstić information content (AvgIpc) is 2.73. The third kappa shape index (κ3) is 4.90. The molecule has 2 aromatic carbocycles. The molecule has 0 aliphatic heterocycles. The fourth-order valence-corrected chi connectivity index (χ4v) is 4.34. The van der Waals surface area contributed by atoms with Gasteiger partial charge in [-0.15, -0.1) is 0 Å². The highest BCUT2D eigenvalue weighted by molar-refractivity contribution is 7.99. The molecule has 0 spiro atoms. The van der Waals surface area contributed by atoms with E-state index in [2.05, 4.69) is 10.3 Å². The van der Waals surface area contributed by atoms with Gasteiger partial charge in [0.05, 0.1) is 21.4 Å². The molecular formula is C20H19N3O3S2. The molecule has 0 aliphatic rings. The molecule has 1 aromatic heterocycles. The van der Waals surface area contributed by atoms with Crippen molar-refractivity contribution in [3.63, 3.8) is 0 Å². The van der Waals surface area contributed by atoms with E-state index in [0.29, 0.717) is 11.4 Å². The van der Waals surface area contributed by atoms with Crippen LogP contribution in [0.1, 0.15) is 0 Å². The fraction of sp³-hybridized carbons (Fsp3) is 0.100. The Hall–Kier alpha value is -2.84.